The first-order chi connectivity index (χ1) is 9.65. The lowest BCUT2D eigenvalue weighted by atomic mass is 10.1. The third-order valence-electron chi connectivity index (χ3n) is 3.10. The number of benzene rings is 1. The van der Waals surface area contributed by atoms with Crippen LogP contribution >= 0.6 is 0 Å². The molecule has 0 radical (unpaired) electrons. The number of carbonyl (C=O) groups is 1. The SMILES string of the molecule is Nc1cc(F)ccc1NC(=O)COCC1CCCCO1. The Labute approximate surface area is 117 Å². The van der Waals surface area contributed by atoms with Gasteiger partial charge in [0, 0.05) is 6.61 Å². The van der Waals surface area contributed by atoms with Crippen LogP contribution in [0.2, 0.25) is 0 Å². The summed E-state index contributed by atoms with van der Waals surface area (Å²) in [6, 6.07) is 3.82. The molecule has 1 aliphatic rings. The van der Waals surface area contributed by atoms with Crippen molar-refractivity contribution in [2.24, 2.45) is 0 Å². The number of hydrogen-bond acceptors (Lipinski definition) is 4. The molecule has 1 saturated heterocycles. The van der Waals surface area contributed by atoms with E-state index in [0.717, 1.165) is 31.9 Å². The first-order valence-electron chi connectivity index (χ1n) is 6.69. The number of nitrogen functional groups attached to an aromatic ring is 1. The zero-order chi connectivity index (χ0) is 14.4. The first-order valence-corrected chi connectivity index (χ1v) is 6.69. The van der Waals surface area contributed by atoms with Gasteiger partial charge in [0.25, 0.3) is 0 Å². The highest BCUT2D eigenvalue weighted by atomic mass is 19.1. The number of nitrogens with one attached hydrogen (secondary N) is 1. The van der Waals surface area contributed by atoms with Gasteiger partial charge in [-0.15, -0.1) is 0 Å². The van der Waals surface area contributed by atoms with Gasteiger partial charge in [0.15, 0.2) is 0 Å². The fourth-order valence-corrected chi connectivity index (χ4v) is 2.06. The number of nitrogens with two attached hydrogens (primary N) is 1. The molecule has 1 heterocycles. The fourth-order valence-electron chi connectivity index (χ4n) is 2.06. The fraction of sp³-hybridized carbons (Fsp3) is 0.500. The molecule has 6 heteroatoms. The second kappa shape index (κ2) is 7.21. The van der Waals surface area contributed by atoms with Gasteiger partial charge in [-0.05, 0) is 37.5 Å². The molecule has 110 valence electrons. The van der Waals surface area contributed by atoms with Crippen LogP contribution in [-0.4, -0.2) is 31.8 Å². The summed E-state index contributed by atoms with van der Waals surface area (Å²) < 4.78 is 23.7. The summed E-state index contributed by atoms with van der Waals surface area (Å²) in [4.78, 5) is 11.7. The van der Waals surface area contributed by atoms with Gasteiger partial charge in [-0.2, -0.15) is 0 Å². The zero-order valence-corrected chi connectivity index (χ0v) is 11.2. The number of carbonyl (C=O) groups excluding carboxylic acids is 1. The van der Waals surface area contributed by atoms with Gasteiger partial charge in [-0.3, -0.25) is 4.79 Å². The highest BCUT2D eigenvalue weighted by Crippen LogP contribution is 2.19. The van der Waals surface area contributed by atoms with Crippen molar-refractivity contribution in [3.05, 3.63) is 24.0 Å². The molecule has 5 nitrogen and oxygen atoms in total. The Morgan fingerprint density at radius 1 is 1.50 bits per heavy atom. The molecular weight excluding hydrogens is 263 g/mol. The maximum Gasteiger partial charge on any atom is 0.250 e. The highest BCUT2D eigenvalue weighted by Gasteiger charge is 2.14. The van der Waals surface area contributed by atoms with Crippen LogP contribution in [0.3, 0.4) is 0 Å². The van der Waals surface area contributed by atoms with Crippen molar-refractivity contribution in [2.75, 3.05) is 30.9 Å². The second-order valence-corrected chi connectivity index (χ2v) is 4.78. The summed E-state index contributed by atoms with van der Waals surface area (Å²) in [5.74, 6) is -0.759. The quantitative estimate of drug-likeness (QED) is 0.809. The number of hydrogen-bond donors (Lipinski definition) is 2. The third-order valence-corrected chi connectivity index (χ3v) is 3.10. The van der Waals surface area contributed by atoms with Crippen LogP contribution in [0.5, 0.6) is 0 Å². The van der Waals surface area contributed by atoms with Crippen molar-refractivity contribution in [2.45, 2.75) is 25.4 Å². The molecule has 1 fully saturated rings. The Morgan fingerprint density at radius 3 is 3.05 bits per heavy atom. The summed E-state index contributed by atoms with van der Waals surface area (Å²) >= 11 is 0. The maximum absolute atomic E-state index is 12.9. The Kier molecular flexibility index (Phi) is 5.31. The van der Waals surface area contributed by atoms with Gasteiger partial charge in [-0.25, -0.2) is 4.39 Å². The molecule has 2 rings (SSSR count). The standard InChI is InChI=1S/C14H19FN2O3/c15-10-4-5-13(12(16)7-10)17-14(18)9-19-8-11-3-1-2-6-20-11/h4-5,7,11H,1-3,6,8-9,16H2,(H,17,18). The van der Waals surface area contributed by atoms with Crippen LogP contribution in [0.25, 0.3) is 0 Å². The van der Waals surface area contributed by atoms with E-state index in [1.165, 1.54) is 12.1 Å². The minimum Gasteiger partial charge on any atom is -0.397 e. The van der Waals surface area contributed by atoms with E-state index in [1.807, 2.05) is 0 Å². The molecule has 1 unspecified atom stereocenters. The Bertz CT molecular complexity index is 462. The van der Waals surface area contributed by atoms with E-state index < -0.39 is 5.82 Å². The van der Waals surface area contributed by atoms with E-state index in [9.17, 15) is 9.18 Å². The van der Waals surface area contributed by atoms with Crippen LogP contribution in [0.1, 0.15) is 19.3 Å². The van der Waals surface area contributed by atoms with E-state index in [4.69, 9.17) is 15.2 Å². The number of rotatable bonds is 5. The van der Waals surface area contributed by atoms with Crippen LogP contribution in [0, 0.1) is 5.82 Å². The average Bonchev–Trinajstić information content (AvgIpc) is 2.43. The van der Waals surface area contributed by atoms with Gasteiger partial charge in [-0.1, -0.05) is 0 Å². The number of halogens is 1. The predicted molar refractivity (Wildman–Crippen MR) is 73.9 cm³/mol. The lowest BCUT2D eigenvalue weighted by Gasteiger charge is -2.22. The van der Waals surface area contributed by atoms with Crippen molar-refractivity contribution < 1.29 is 18.7 Å². The third kappa shape index (κ3) is 4.47. The summed E-state index contributed by atoms with van der Waals surface area (Å²) in [6.45, 7) is 1.09. The largest absolute Gasteiger partial charge is 0.397 e. The molecule has 3 N–H and O–H groups in total. The smallest absolute Gasteiger partial charge is 0.250 e. The maximum atomic E-state index is 12.9. The van der Waals surface area contributed by atoms with E-state index in [2.05, 4.69) is 5.32 Å². The topological polar surface area (TPSA) is 73.6 Å². The van der Waals surface area contributed by atoms with Crippen LogP contribution in [0.15, 0.2) is 18.2 Å². The normalized spacial score (nSPS) is 18.8. The van der Waals surface area contributed by atoms with Crippen LogP contribution in [-0.2, 0) is 14.3 Å². The summed E-state index contributed by atoms with van der Waals surface area (Å²) in [5.41, 5.74) is 6.17. The van der Waals surface area contributed by atoms with E-state index in [0.29, 0.717) is 12.3 Å². The minimum absolute atomic E-state index is 0.0727. The van der Waals surface area contributed by atoms with Crippen molar-refractivity contribution in [1.82, 2.24) is 0 Å². The molecule has 20 heavy (non-hydrogen) atoms. The van der Waals surface area contributed by atoms with E-state index in [1.54, 1.807) is 0 Å². The zero-order valence-electron chi connectivity index (χ0n) is 11.2. The van der Waals surface area contributed by atoms with E-state index >= 15 is 0 Å². The molecular formula is C14H19FN2O3. The Hall–Kier alpha value is -1.66. The lowest BCUT2D eigenvalue weighted by Crippen LogP contribution is -2.27. The summed E-state index contributed by atoms with van der Waals surface area (Å²) in [7, 11) is 0. The predicted octanol–water partition coefficient (Wildman–Crippen LogP) is 1.93. The molecule has 1 amide bonds. The molecule has 0 aliphatic carbocycles. The van der Waals surface area contributed by atoms with Crippen molar-refractivity contribution in [1.29, 1.82) is 0 Å². The van der Waals surface area contributed by atoms with Gasteiger partial charge >= 0.3 is 0 Å². The highest BCUT2D eigenvalue weighted by molar-refractivity contribution is 5.94. The monoisotopic (exact) mass is 282 g/mol. The van der Waals surface area contributed by atoms with Crippen LogP contribution < -0.4 is 11.1 Å². The van der Waals surface area contributed by atoms with E-state index in [-0.39, 0.29) is 24.3 Å². The summed E-state index contributed by atoms with van der Waals surface area (Å²) in [5, 5.41) is 2.58. The Balaban J connectivity index is 1.72. The van der Waals surface area contributed by atoms with Gasteiger partial charge in [0.1, 0.15) is 12.4 Å². The van der Waals surface area contributed by atoms with Gasteiger partial charge in [0.05, 0.1) is 24.1 Å². The minimum atomic E-state index is -0.439. The first kappa shape index (κ1) is 14.7. The Morgan fingerprint density at radius 2 is 2.35 bits per heavy atom. The molecule has 1 aromatic carbocycles. The van der Waals surface area contributed by atoms with Gasteiger partial charge < -0.3 is 20.5 Å². The van der Waals surface area contributed by atoms with Crippen molar-refractivity contribution in [3.8, 4) is 0 Å². The number of anilines is 2. The molecule has 0 saturated carbocycles. The second-order valence-electron chi connectivity index (χ2n) is 4.78. The average molecular weight is 282 g/mol. The number of ether oxygens (including phenoxy) is 2. The molecule has 1 aromatic rings. The molecule has 0 bridgehead atoms. The van der Waals surface area contributed by atoms with Crippen molar-refractivity contribution >= 4 is 17.3 Å². The molecule has 1 atom stereocenters. The molecule has 1 aliphatic heterocycles. The van der Waals surface area contributed by atoms with Gasteiger partial charge in [0.2, 0.25) is 5.91 Å². The lowest BCUT2D eigenvalue weighted by molar-refractivity contribution is -0.122. The summed E-state index contributed by atoms with van der Waals surface area (Å²) in [6.07, 6.45) is 3.26. The molecule has 0 spiro atoms. The number of amides is 1. The van der Waals surface area contributed by atoms with Crippen LogP contribution in [0.4, 0.5) is 15.8 Å². The molecule has 0 aromatic heterocycles. The van der Waals surface area contributed by atoms with Crippen molar-refractivity contribution in [3.63, 3.8) is 0 Å².